The van der Waals surface area contributed by atoms with Gasteiger partial charge in [0.1, 0.15) is 24.4 Å². The van der Waals surface area contributed by atoms with Gasteiger partial charge in [-0.15, -0.1) is 0 Å². The second-order valence-electron chi connectivity index (χ2n) is 7.35. The van der Waals surface area contributed by atoms with Crippen molar-refractivity contribution in [1.82, 2.24) is 0 Å². The molecule has 30 heavy (non-hydrogen) atoms. The highest BCUT2D eigenvalue weighted by Crippen LogP contribution is 2.09. The number of hydrogen-bond acceptors (Lipinski definition) is 10. The van der Waals surface area contributed by atoms with E-state index in [1.54, 1.807) is 0 Å². The van der Waals surface area contributed by atoms with Gasteiger partial charge in [0.2, 0.25) is 0 Å². The van der Waals surface area contributed by atoms with Gasteiger partial charge in [-0.1, -0.05) is 0 Å². The summed E-state index contributed by atoms with van der Waals surface area (Å²) < 4.78 is 51.8. The van der Waals surface area contributed by atoms with Crippen LogP contribution in [0.2, 0.25) is 0 Å². The minimum Gasteiger partial charge on any atom is -0.377 e. The molecule has 0 aromatic rings. The Bertz CT molecular complexity index is 336. The molecular weight excluding hydrogens is 400 g/mol. The third-order valence-electron chi connectivity index (χ3n) is 4.31. The highest BCUT2D eigenvalue weighted by molar-refractivity contribution is 4.68. The van der Waals surface area contributed by atoms with E-state index < -0.39 is 0 Å². The van der Waals surface area contributed by atoms with Crippen LogP contribution in [0, 0.1) is 0 Å². The predicted octanol–water partition coefficient (Wildman–Crippen LogP) is -0.332. The van der Waals surface area contributed by atoms with E-state index in [0.717, 1.165) is 26.4 Å². The Labute approximate surface area is 178 Å². The highest BCUT2D eigenvalue weighted by atomic mass is 16.6. The summed E-state index contributed by atoms with van der Waals surface area (Å²) in [4.78, 5) is 0. The molecule has 176 valence electrons. The molecule has 0 radical (unpaired) electrons. The summed E-state index contributed by atoms with van der Waals surface area (Å²) in [5, 5.41) is 0. The second kappa shape index (κ2) is 15.4. The smallest absolute Gasteiger partial charge is 0.104 e. The van der Waals surface area contributed by atoms with Gasteiger partial charge in [-0.3, -0.25) is 0 Å². The second-order valence-corrected chi connectivity index (χ2v) is 7.35. The number of epoxide rings is 4. The Morgan fingerprint density at radius 3 is 0.767 bits per heavy atom. The van der Waals surface area contributed by atoms with Gasteiger partial charge >= 0.3 is 0 Å². The SMILES string of the molecule is C(COCC1CO1)OCCOCC1CO1.C(COCC1CO1)OCCOCC1CO1. The van der Waals surface area contributed by atoms with Crippen LogP contribution in [0.5, 0.6) is 0 Å². The van der Waals surface area contributed by atoms with Crippen molar-refractivity contribution in [3.05, 3.63) is 0 Å². The van der Waals surface area contributed by atoms with Gasteiger partial charge in [0.25, 0.3) is 0 Å². The lowest BCUT2D eigenvalue weighted by Crippen LogP contribution is -2.12. The van der Waals surface area contributed by atoms with Gasteiger partial charge in [-0.25, -0.2) is 0 Å². The highest BCUT2D eigenvalue weighted by Gasteiger charge is 2.23. The maximum Gasteiger partial charge on any atom is 0.104 e. The Hall–Kier alpha value is -0.400. The molecule has 4 heterocycles. The molecule has 4 saturated heterocycles. The summed E-state index contributed by atoms with van der Waals surface area (Å²) in [5.74, 6) is 0. The zero-order valence-corrected chi connectivity index (χ0v) is 17.7. The lowest BCUT2D eigenvalue weighted by Gasteiger charge is -2.05. The summed E-state index contributed by atoms with van der Waals surface area (Å²) in [6.07, 6.45) is 1.36. The summed E-state index contributed by atoms with van der Waals surface area (Å²) in [5.41, 5.74) is 0. The van der Waals surface area contributed by atoms with E-state index in [-0.39, 0.29) is 0 Å². The molecule has 0 aromatic carbocycles. The molecule has 0 bridgehead atoms. The quantitative estimate of drug-likeness (QED) is 0.186. The van der Waals surface area contributed by atoms with Crippen LogP contribution >= 0.6 is 0 Å². The van der Waals surface area contributed by atoms with Crippen LogP contribution < -0.4 is 0 Å². The van der Waals surface area contributed by atoms with E-state index in [9.17, 15) is 0 Å². The van der Waals surface area contributed by atoms with Gasteiger partial charge in [0, 0.05) is 0 Å². The van der Waals surface area contributed by atoms with E-state index in [1.165, 1.54) is 0 Å². The van der Waals surface area contributed by atoms with Crippen molar-refractivity contribution in [2.45, 2.75) is 24.4 Å². The van der Waals surface area contributed by atoms with Gasteiger partial charge in [0.15, 0.2) is 0 Å². The summed E-state index contributed by atoms with van der Waals surface area (Å²) in [7, 11) is 0. The zero-order valence-electron chi connectivity index (χ0n) is 17.7. The lowest BCUT2D eigenvalue weighted by atomic mass is 10.5. The van der Waals surface area contributed by atoms with Crippen molar-refractivity contribution in [2.24, 2.45) is 0 Å². The molecule has 0 amide bonds. The molecule has 0 aromatic heterocycles. The van der Waals surface area contributed by atoms with Crippen molar-refractivity contribution >= 4 is 0 Å². The van der Waals surface area contributed by atoms with Crippen molar-refractivity contribution in [3.63, 3.8) is 0 Å². The van der Waals surface area contributed by atoms with Crippen molar-refractivity contribution < 1.29 is 47.4 Å². The molecule has 0 aliphatic carbocycles. The first-order valence-electron chi connectivity index (χ1n) is 10.8. The topological polar surface area (TPSA) is 106 Å². The molecule has 4 aliphatic heterocycles. The van der Waals surface area contributed by atoms with E-state index in [4.69, 9.17) is 47.4 Å². The van der Waals surface area contributed by atoms with Gasteiger partial charge < -0.3 is 47.4 Å². The van der Waals surface area contributed by atoms with E-state index in [2.05, 4.69) is 0 Å². The first-order chi connectivity index (χ1) is 14.9. The third kappa shape index (κ3) is 15.4. The summed E-state index contributed by atoms with van der Waals surface area (Å²) >= 11 is 0. The Balaban J connectivity index is 0.000000171. The first kappa shape index (κ1) is 24.2. The van der Waals surface area contributed by atoms with Gasteiger partial charge in [-0.2, -0.15) is 0 Å². The first-order valence-corrected chi connectivity index (χ1v) is 10.8. The van der Waals surface area contributed by atoms with Crippen LogP contribution in [0.3, 0.4) is 0 Å². The van der Waals surface area contributed by atoms with Crippen molar-refractivity contribution in [2.75, 3.05) is 106 Å². The fraction of sp³-hybridized carbons (Fsp3) is 1.00. The predicted molar refractivity (Wildman–Crippen MR) is 104 cm³/mol. The van der Waals surface area contributed by atoms with Crippen molar-refractivity contribution in [1.29, 1.82) is 0 Å². The molecule has 0 N–H and O–H groups in total. The van der Waals surface area contributed by atoms with Crippen LogP contribution in [0.4, 0.5) is 0 Å². The normalized spacial score (nSPS) is 28.0. The van der Waals surface area contributed by atoms with Crippen LogP contribution in [0.25, 0.3) is 0 Å². The minimum absolute atomic E-state index is 0.340. The molecule has 4 aliphatic rings. The molecule has 10 nitrogen and oxygen atoms in total. The molecule has 4 atom stereocenters. The molecule has 4 rings (SSSR count). The molecule has 4 unspecified atom stereocenters. The third-order valence-corrected chi connectivity index (χ3v) is 4.31. The van der Waals surface area contributed by atoms with Crippen LogP contribution in [-0.4, -0.2) is 130 Å². The average Bonchev–Trinajstić information content (AvgIpc) is 3.55. The largest absolute Gasteiger partial charge is 0.377 e. The van der Waals surface area contributed by atoms with Gasteiger partial charge in [-0.05, 0) is 0 Å². The van der Waals surface area contributed by atoms with E-state index in [0.29, 0.717) is 104 Å². The van der Waals surface area contributed by atoms with Crippen LogP contribution in [0.15, 0.2) is 0 Å². The Kier molecular flexibility index (Phi) is 12.5. The average molecular weight is 436 g/mol. The fourth-order valence-electron chi connectivity index (χ4n) is 2.19. The summed E-state index contributed by atoms with van der Waals surface area (Å²) in [6.45, 7) is 11.2. The molecular formula is C20H36O10. The molecule has 10 heteroatoms. The van der Waals surface area contributed by atoms with Gasteiger partial charge in [0.05, 0.1) is 106 Å². The van der Waals surface area contributed by atoms with Crippen LogP contribution in [0.1, 0.15) is 0 Å². The maximum atomic E-state index is 5.31. The Morgan fingerprint density at radius 1 is 0.367 bits per heavy atom. The van der Waals surface area contributed by atoms with E-state index in [1.807, 2.05) is 0 Å². The Morgan fingerprint density at radius 2 is 0.567 bits per heavy atom. The van der Waals surface area contributed by atoms with E-state index >= 15 is 0 Å². The monoisotopic (exact) mass is 436 g/mol. The maximum absolute atomic E-state index is 5.31. The van der Waals surface area contributed by atoms with Crippen molar-refractivity contribution in [3.8, 4) is 0 Å². The molecule has 0 saturated carbocycles. The van der Waals surface area contributed by atoms with Crippen LogP contribution in [-0.2, 0) is 47.4 Å². The standard InChI is InChI=1S/2C10H18O5/c2*1(3-12-5-9-7-14-9)11-2-4-13-6-10-8-15-10/h2*9-10H,1-8H2. The number of ether oxygens (including phenoxy) is 10. The zero-order chi connectivity index (χ0) is 20.7. The molecule has 4 fully saturated rings. The summed E-state index contributed by atoms with van der Waals surface area (Å²) in [6, 6.07) is 0. The lowest BCUT2D eigenvalue weighted by molar-refractivity contribution is 0.00937. The number of rotatable bonds is 20. The fourth-order valence-corrected chi connectivity index (χ4v) is 2.19. The minimum atomic E-state index is 0.340. The molecule has 0 spiro atoms. The number of hydrogen-bond donors (Lipinski definition) is 0.